The lowest BCUT2D eigenvalue weighted by Crippen LogP contribution is -2.30. The van der Waals surface area contributed by atoms with Gasteiger partial charge < -0.3 is 9.47 Å². The third-order valence-electron chi connectivity index (χ3n) is 5.25. The van der Waals surface area contributed by atoms with E-state index in [0.717, 1.165) is 37.1 Å². The fourth-order valence-electron chi connectivity index (χ4n) is 3.90. The van der Waals surface area contributed by atoms with Crippen LogP contribution in [0.1, 0.15) is 43.2 Å². The maximum atomic E-state index is 5.47. The van der Waals surface area contributed by atoms with E-state index in [9.17, 15) is 0 Å². The Kier molecular flexibility index (Phi) is 6.89. The molecule has 0 saturated heterocycles. The minimum absolute atomic E-state index is 0.782. The molecule has 140 valence electrons. The lowest BCUT2D eigenvalue weighted by atomic mass is 9.89. The third-order valence-corrected chi connectivity index (χ3v) is 5.25. The van der Waals surface area contributed by atoms with E-state index in [-0.39, 0.29) is 0 Å². The van der Waals surface area contributed by atoms with Gasteiger partial charge in [-0.15, -0.1) is 0 Å². The highest BCUT2D eigenvalue weighted by Crippen LogP contribution is 2.29. The van der Waals surface area contributed by atoms with Gasteiger partial charge in [-0.1, -0.05) is 25.3 Å². The van der Waals surface area contributed by atoms with Crippen LogP contribution in [-0.4, -0.2) is 30.6 Å². The Morgan fingerprint density at radius 1 is 0.885 bits per heavy atom. The normalized spacial score (nSPS) is 15.2. The van der Waals surface area contributed by atoms with Gasteiger partial charge >= 0.3 is 0 Å². The van der Waals surface area contributed by atoms with Crippen LogP contribution in [0.15, 0.2) is 42.7 Å². The van der Waals surface area contributed by atoms with Crippen molar-refractivity contribution in [2.75, 3.05) is 20.8 Å². The molecule has 4 nitrogen and oxygen atoms in total. The summed E-state index contributed by atoms with van der Waals surface area (Å²) in [6.45, 7) is 3.02. The quantitative estimate of drug-likeness (QED) is 0.689. The molecule has 0 amide bonds. The van der Waals surface area contributed by atoms with Gasteiger partial charge in [0.2, 0.25) is 0 Å². The summed E-state index contributed by atoms with van der Waals surface area (Å²) in [6.07, 6.45) is 10.6. The van der Waals surface area contributed by atoms with Crippen molar-refractivity contribution in [3.05, 3.63) is 53.9 Å². The molecule has 26 heavy (non-hydrogen) atoms. The van der Waals surface area contributed by atoms with Crippen molar-refractivity contribution < 1.29 is 9.47 Å². The number of benzene rings is 1. The van der Waals surface area contributed by atoms with Gasteiger partial charge in [0.05, 0.1) is 14.2 Å². The van der Waals surface area contributed by atoms with E-state index in [1.807, 2.05) is 18.5 Å². The van der Waals surface area contributed by atoms with E-state index in [1.165, 1.54) is 43.2 Å². The lowest BCUT2D eigenvalue weighted by Gasteiger charge is -2.30. The molecule has 0 atom stereocenters. The summed E-state index contributed by atoms with van der Waals surface area (Å²) in [7, 11) is 3.37. The van der Waals surface area contributed by atoms with Gasteiger partial charge in [0, 0.05) is 32.0 Å². The van der Waals surface area contributed by atoms with E-state index >= 15 is 0 Å². The topological polar surface area (TPSA) is 34.6 Å². The molecule has 0 unspecified atom stereocenters. The first kappa shape index (κ1) is 18.7. The number of pyridine rings is 1. The van der Waals surface area contributed by atoms with E-state index in [0.29, 0.717) is 0 Å². The number of methoxy groups -OCH3 is 2. The van der Waals surface area contributed by atoms with Gasteiger partial charge in [-0.05, 0) is 54.2 Å². The van der Waals surface area contributed by atoms with Crippen LogP contribution < -0.4 is 9.47 Å². The Hall–Kier alpha value is -2.07. The van der Waals surface area contributed by atoms with Crippen molar-refractivity contribution >= 4 is 0 Å². The molecule has 0 radical (unpaired) electrons. The first-order chi connectivity index (χ1) is 12.8. The third kappa shape index (κ3) is 5.21. The number of aromatic nitrogens is 1. The molecule has 0 aliphatic heterocycles. The smallest absolute Gasteiger partial charge is 0.161 e. The average Bonchev–Trinajstić information content (AvgIpc) is 2.69. The van der Waals surface area contributed by atoms with Crippen LogP contribution in [0.25, 0.3) is 0 Å². The van der Waals surface area contributed by atoms with Crippen molar-refractivity contribution in [1.29, 1.82) is 0 Å². The minimum Gasteiger partial charge on any atom is -0.493 e. The Bertz CT molecular complexity index is 669. The molecule has 1 saturated carbocycles. The Morgan fingerprint density at radius 2 is 1.58 bits per heavy atom. The molecule has 0 bridgehead atoms. The molecule has 1 aliphatic carbocycles. The van der Waals surface area contributed by atoms with Gasteiger partial charge in [0.25, 0.3) is 0 Å². The van der Waals surface area contributed by atoms with Crippen molar-refractivity contribution in [1.82, 2.24) is 9.88 Å². The molecule has 1 aliphatic rings. The van der Waals surface area contributed by atoms with Gasteiger partial charge in [0.1, 0.15) is 0 Å². The van der Waals surface area contributed by atoms with Gasteiger partial charge in [0.15, 0.2) is 11.5 Å². The highest BCUT2D eigenvalue weighted by atomic mass is 16.5. The second kappa shape index (κ2) is 9.58. The second-order valence-electron chi connectivity index (χ2n) is 7.22. The van der Waals surface area contributed by atoms with Crippen molar-refractivity contribution in [2.45, 2.75) is 45.2 Å². The van der Waals surface area contributed by atoms with Gasteiger partial charge in [-0.3, -0.25) is 9.88 Å². The number of hydrogen-bond acceptors (Lipinski definition) is 4. The maximum absolute atomic E-state index is 5.47. The summed E-state index contributed by atoms with van der Waals surface area (Å²) < 4.78 is 10.8. The van der Waals surface area contributed by atoms with Crippen LogP contribution in [0, 0.1) is 5.92 Å². The monoisotopic (exact) mass is 354 g/mol. The Morgan fingerprint density at radius 3 is 2.27 bits per heavy atom. The number of rotatable bonds is 8. The van der Waals surface area contributed by atoms with Crippen molar-refractivity contribution in [3.63, 3.8) is 0 Å². The van der Waals surface area contributed by atoms with E-state index in [2.05, 4.69) is 34.1 Å². The van der Waals surface area contributed by atoms with Crippen LogP contribution in [0.5, 0.6) is 11.5 Å². The van der Waals surface area contributed by atoms with Crippen LogP contribution in [0.4, 0.5) is 0 Å². The highest BCUT2D eigenvalue weighted by molar-refractivity contribution is 5.42. The zero-order valence-electron chi connectivity index (χ0n) is 16.0. The summed E-state index contributed by atoms with van der Waals surface area (Å²) >= 11 is 0. The van der Waals surface area contributed by atoms with Crippen LogP contribution in [0.3, 0.4) is 0 Å². The maximum Gasteiger partial charge on any atom is 0.161 e. The SMILES string of the molecule is COc1ccc(CN(Cc2ccncc2)CC2CCCCC2)cc1OC. The summed E-state index contributed by atoms with van der Waals surface area (Å²) in [5, 5.41) is 0. The molecule has 4 heteroatoms. The zero-order valence-corrected chi connectivity index (χ0v) is 16.0. The first-order valence-corrected chi connectivity index (χ1v) is 9.60. The fourth-order valence-corrected chi connectivity index (χ4v) is 3.90. The summed E-state index contributed by atoms with van der Waals surface area (Å²) in [5.74, 6) is 2.39. The van der Waals surface area contributed by atoms with Crippen LogP contribution in [-0.2, 0) is 13.1 Å². The fraction of sp³-hybridized carbons (Fsp3) is 0.500. The number of nitrogens with zero attached hydrogens (tertiary/aromatic N) is 2. The molecule has 0 spiro atoms. The number of ether oxygens (including phenoxy) is 2. The summed E-state index contributed by atoms with van der Waals surface area (Å²) in [5.41, 5.74) is 2.57. The van der Waals surface area contributed by atoms with Crippen molar-refractivity contribution in [3.8, 4) is 11.5 Å². The van der Waals surface area contributed by atoms with E-state index < -0.39 is 0 Å². The highest BCUT2D eigenvalue weighted by Gasteiger charge is 2.18. The predicted molar refractivity (Wildman–Crippen MR) is 104 cm³/mol. The minimum atomic E-state index is 0.782. The molecule has 1 fully saturated rings. The van der Waals surface area contributed by atoms with Gasteiger partial charge in [-0.25, -0.2) is 0 Å². The summed E-state index contributed by atoms with van der Waals surface area (Å²) in [4.78, 5) is 6.71. The predicted octanol–water partition coefficient (Wildman–Crippen LogP) is 4.68. The second-order valence-corrected chi connectivity index (χ2v) is 7.22. The van der Waals surface area contributed by atoms with Gasteiger partial charge in [-0.2, -0.15) is 0 Å². The Labute approximate surface area is 157 Å². The summed E-state index contributed by atoms with van der Waals surface area (Å²) in [6, 6.07) is 10.5. The molecule has 1 aromatic heterocycles. The average molecular weight is 354 g/mol. The number of hydrogen-bond donors (Lipinski definition) is 0. The first-order valence-electron chi connectivity index (χ1n) is 9.60. The van der Waals surface area contributed by atoms with Crippen molar-refractivity contribution in [2.24, 2.45) is 5.92 Å². The molecule has 2 aromatic rings. The molecular formula is C22H30N2O2. The largest absolute Gasteiger partial charge is 0.493 e. The lowest BCUT2D eigenvalue weighted by molar-refractivity contribution is 0.186. The molecule has 1 aromatic carbocycles. The molecular weight excluding hydrogens is 324 g/mol. The standard InChI is InChI=1S/C22H30N2O2/c1-25-21-9-8-20(14-22(21)26-2)17-24(15-18-6-4-3-5-7-18)16-19-10-12-23-13-11-19/h8-14,18H,3-7,15-17H2,1-2H3. The van der Waals surface area contributed by atoms with E-state index in [4.69, 9.17) is 9.47 Å². The van der Waals surface area contributed by atoms with Crippen LogP contribution in [0.2, 0.25) is 0 Å². The molecule has 3 rings (SSSR count). The molecule has 1 heterocycles. The zero-order chi connectivity index (χ0) is 18.2. The van der Waals surface area contributed by atoms with Crippen LogP contribution >= 0.6 is 0 Å². The molecule has 0 N–H and O–H groups in total. The Balaban J connectivity index is 1.73. The van der Waals surface area contributed by atoms with E-state index in [1.54, 1.807) is 14.2 Å².